The zero-order chi connectivity index (χ0) is 32.2. The molecule has 4 heteroatoms. The van der Waals surface area contributed by atoms with E-state index in [2.05, 4.69) is 124 Å². The van der Waals surface area contributed by atoms with Gasteiger partial charge in [-0.2, -0.15) is 10.5 Å². The van der Waals surface area contributed by atoms with E-state index in [-0.39, 0.29) is 0 Å². The monoisotopic (exact) mass is 610 g/mol. The van der Waals surface area contributed by atoms with Crippen molar-refractivity contribution < 1.29 is 0 Å². The van der Waals surface area contributed by atoms with Crippen LogP contribution in [0.1, 0.15) is 11.1 Å². The molecule has 2 aromatic heterocycles. The highest BCUT2D eigenvalue weighted by Gasteiger charge is 2.19. The van der Waals surface area contributed by atoms with Crippen molar-refractivity contribution in [1.29, 1.82) is 10.5 Å². The van der Waals surface area contributed by atoms with Crippen LogP contribution in [0.3, 0.4) is 0 Å². The Morgan fingerprint density at radius 1 is 0.375 bits per heavy atom. The van der Waals surface area contributed by atoms with Gasteiger partial charge in [0.2, 0.25) is 0 Å². The van der Waals surface area contributed by atoms with Gasteiger partial charge in [-0.1, -0.05) is 97.1 Å². The molecule has 0 atom stereocenters. The molecule has 0 saturated carbocycles. The van der Waals surface area contributed by atoms with Crippen LogP contribution in [0, 0.1) is 22.7 Å². The van der Waals surface area contributed by atoms with E-state index < -0.39 is 0 Å². The average molecular weight is 611 g/mol. The van der Waals surface area contributed by atoms with Crippen LogP contribution in [0.15, 0.2) is 158 Å². The minimum absolute atomic E-state index is 0.587. The summed E-state index contributed by atoms with van der Waals surface area (Å²) in [6.45, 7) is 0. The molecule has 222 valence electrons. The third-order valence-electron chi connectivity index (χ3n) is 9.40. The predicted molar refractivity (Wildman–Crippen MR) is 195 cm³/mol. The number of para-hydroxylation sites is 3. The molecule has 0 saturated heterocycles. The molecular weight excluding hydrogens is 585 g/mol. The fourth-order valence-electron chi connectivity index (χ4n) is 7.28. The summed E-state index contributed by atoms with van der Waals surface area (Å²) in [5.41, 5.74) is 11.7. The number of fused-ring (bicyclic) bond motifs is 6. The molecule has 2 heterocycles. The summed E-state index contributed by atoms with van der Waals surface area (Å²) in [5.74, 6) is 0. The lowest BCUT2D eigenvalue weighted by Gasteiger charge is -2.18. The van der Waals surface area contributed by atoms with Gasteiger partial charge in [-0.3, -0.25) is 0 Å². The first-order valence-electron chi connectivity index (χ1n) is 15.9. The normalized spacial score (nSPS) is 11.3. The minimum Gasteiger partial charge on any atom is -0.309 e. The highest BCUT2D eigenvalue weighted by molar-refractivity contribution is 6.11. The summed E-state index contributed by atoms with van der Waals surface area (Å²) < 4.78 is 4.55. The van der Waals surface area contributed by atoms with E-state index in [9.17, 15) is 10.5 Å². The maximum Gasteiger partial charge on any atom is 0.0992 e. The van der Waals surface area contributed by atoms with Crippen molar-refractivity contribution in [3.05, 3.63) is 169 Å². The van der Waals surface area contributed by atoms with Crippen molar-refractivity contribution in [3.8, 4) is 45.8 Å². The van der Waals surface area contributed by atoms with Gasteiger partial charge in [0.05, 0.1) is 51.0 Å². The molecule has 7 aromatic carbocycles. The van der Waals surface area contributed by atoms with Crippen LogP contribution in [-0.4, -0.2) is 9.13 Å². The van der Waals surface area contributed by atoms with E-state index in [0.29, 0.717) is 11.1 Å². The molecule has 0 aliphatic heterocycles. The highest BCUT2D eigenvalue weighted by Crippen LogP contribution is 2.41. The zero-order valence-corrected chi connectivity index (χ0v) is 25.8. The average Bonchev–Trinajstić information content (AvgIpc) is 3.67. The SMILES string of the molecule is N#Cc1ccc(-n2c3ccccc3c3ccc(C#N)cc32)c(-c2ccccc2-c2ccc(-n3c4ccccc4c4ccccc43)cc2)c1. The van der Waals surface area contributed by atoms with Crippen LogP contribution in [-0.2, 0) is 0 Å². The van der Waals surface area contributed by atoms with E-state index in [1.54, 1.807) is 0 Å². The van der Waals surface area contributed by atoms with Crippen molar-refractivity contribution in [2.24, 2.45) is 0 Å². The minimum atomic E-state index is 0.587. The van der Waals surface area contributed by atoms with Crippen LogP contribution in [0.5, 0.6) is 0 Å². The van der Waals surface area contributed by atoms with Crippen molar-refractivity contribution in [3.63, 3.8) is 0 Å². The van der Waals surface area contributed by atoms with Gasteiger partial charge >= 0.3 is 0 Å². The van der Waals surface area contributed by atoms with E-state index >= 15 is 0 Å². The molecule has 0 amide bonds. The predicted octanol–water partition coefficient (Wildman–Crippen LogP) is 11.0. The lowest BCUT2D eigenvalue weighted by molar-refractivity contribution is 1.18. The Bertz CT molecular complexity index is 2750. The number of rotatable bonds is 4. The summed E-state index contributed by atoms with van der Waals surface area (Å²) in [4.78, 5) is 0. The number of hydrogen-bond acceptors (Lipinski definition) is 2. The molecule has 0 N–H and O–H groups in total. The Hall–Kier alpha value is -6.88. The van der Waals surface area contributed by atoms with Crippen LogP contribution >= 0.6 is 0 Å². The largest absolute Gasteiger partial charge is 0.309 e. The molecule has 9 rings (SSSR count). The number of benzene rings is 7. The van der Waals surface area contributed by atoms with Gasteiger partial charge in [0.15, 0.2) is 0 Å². The van der Waals surface area contributed by atoms with Gasteiger partial charge in [0.25, 0.3) is 0 Å². The standard InChI is InChI=1S/C44H26N4/c45-27-29-18-24-43(48-42-16-8-5-13-37(42)38-23-17-30(28-46)26-44(38)48)39(25-29)34-10-2-1-9-33(34)31-19-21-32(22-20-31)47-40-14-6-3-11-35(40)36-12-4-7-15-41(36)47/h1-26H. The molecule has 0 radical (unpaired) electrons. The lowest BCUT2D eigenvalue weighted by Crippen LogP contribution is -1.99. The van der Waals surface area contributed by atoms with Gasteiger partial charge in [-0.25, -0.2) is 0 Å². The molecule has 0 spiro atoms. The van der Waals surface area contributed by atoms with Gasteiger partial charge in [0.1, 0.15) is 0 Å². The number of aromatic nitrogens is 2. The molecule has 0 bridgehead atoms. The van der Waals surface area contributed by atoms with Gasteiger partial charge < -0.3 is 9.13 Å². The second-order valence-electron chi connectivity index (χ2n) is 12.0. The molecular formula is C44H26N4. The quantitative estimate of drug-likeness (QED) is 0.199. The summed E-state index contributed by atoms with van der Waals surface area (Å²) in [6, 6.07) is 59.0. The van der Waals surface area contributed by atoms with E-state index in [4.69, 9.17) is 0 Å². The summed E-state index contributed by atoms with van der Waals surface area (Å²) in [6.07, 6.45) is 0. The summed E-state index contributed by atoms with van der Waals surface area (Å²) in [5, 5.41) is 24.4. The number of nitriles is 2. The molecule has 0 unspecified atom stereocenters. The van der Waals surface area contributed by atoms with Crippen LogP contribution in [0.4, 0.5) is 0 Å². The zero-order valence-electron chi connectivity index (χ0n) is 25.8. The topological polar surface area (TPSA) is 57.4 Å². The Balaban J connectivity index is 1.24. The lowest BCUT2D eigenvalue weighted by atomic mass is 9.92. The van der Waals surface area contributed by atoms with E-state index in [1.807, 2.05) is 54.6 Å². The van der Waals surface area contributed by atoms with Crippen molar-refractivity contribution in [2.75, 3.05) is 0 Å². The Morgan fingerprint density at radius 3 is 1.50 bits per heavy atom. The van der Waals surface area contributed by atoms with E-state index in [1.165, 1.54) is 21.8 Å². The molecule has 0 aliphatic carbocycles. The third kappa shape index (κ3) is 4.14. The van der Waals surface area contributed by atoms with Crippen LogP contribution in [0.2, 0.25) is 0 Å². The first-order valence-corrected chi connectivity index (χ1v) is 15.9. The third-order valence-corrected chi connectivity index (χ3v) is 9.40. The summed E-state index contributed by atoms with van der Waals surface area (Å²) in [7, 11) is 0. The van der Waals surface area contributed by atoms with E-state index in [0.717, 1.165) is 55.4 Å². The first-order chi connectivity index (χ1) is 23.7. The smallest absolute Gasteiger partial charge is 0.0992 e. The van der Waals surface area contributed by atoms with Crippen LogP contribution in [0.25, 0.3) is 77.2 Å². The van der Waals surface area contributed by atoms with Gasteiger partial charge in [-0.15, -0.1) is 0 Å². The highest BCUT2D eigenvalue weighted by atomic mass is 15.0. The van der Waals surface area contributed by atoms with Crippen molar-refractivity contribution >= 4 is 43.6 Å². The number of nitrogens with zero attached hydrogens (tertiary/aromatic N) is 4. The molecule has 0 fully saturated rings. The Labute approximate surface area is 277 Å². The van der Waals surface area contributed by atoms with Crippen molar-refractivity contribution in [1.82, 2.24) is 9.13 Å². The Morgan fingerprint density at radius 2 is 0.875 bits per heavy atom. The maximum absolute atomic E-state index is 10.0. The van der Waals surface area contributed by atoms with Crippen LogP contribution < -0.4 is 0 Å². The second-order valence-corrected chi connectivity index (χ2v) is 12.0. The maximum atomic E-state index is 10.0. The molecule has 4 nitrogen and oxygen atoms in total. The second kappa shape index (κ2) is 10.9. The first kappa shape index (κ1) is 27.4. The van der Waals surface area contributed by atoms with Gasteiger partial charge in [-0.05, 0) is 77.4 Å². The molecule has 9 aromatic rings. The number of hydrogen-bond donors (Lipinski definition) is 0. The Kier molecular flexibility index (Phi) is 6.22. The fraction of sp³-hybridized carbons (Fsp3) is 0. The fourth-order valence-corrected chi connectivity index (χ4v) is 7.28. The molecule has 0 aliphatic rings. The van der Waals surface area contributed by atoms with Gasteiger partial charge in [0, 0.05) is 32.8 Å². The summed E-state index contributed by atoms with van der Waals surface area (Å²) >= 11 is 0. The van der Waals surface area contributed by atoms with Crippen molar-refractivity contribution in [2.45, 2.75) is 0 Å². The molecule has 48 heavy (non-hydrogen) atoms.